The SMILES string of the molecule is CCCNC(=O)[C@@H](C)N(Cc1ccccc1F)C(=O)CCCN(c1cc(C)cc(C)c1)S(C)(=O)=O. The van der Waals surface area contributed by atoms with Gasteiger partial charge in [-0.25, -0.2) is 12.8 Å². The third-order valence-corrected chi connectivity index (χ3v) is 6.86. The Labute approximate surface area is 208 Å². The summed E-state index contributed by atoms with van der Waals surface area (Å²) in [5.74, 6) is -1.12. The predicted molar refractivity (Wildman–Crippen MR) is 137 cm³/mol. The van der Waals surface area contributed by atoms with Crippen LogP contribution in [0.2, 0.25) is 0 Å². The number of sulfonamides is 1. The largest absolute Gasteiger partial charge is 0.354 e. The van der Waals surface area contributed by atoms with E-state index in [1.54, 1.807) is 37.3 Å². The van der Waals surface area contributed by atoms with E-state index in [-0.39, 0.29) is 37.7 Å². The maximum atomic E-state index is 14.3. The third-order valence-electron chi connectivity index (χ3n) is 5.66. The summed E-state index contributed by atoms with van der Waals surface area (Å²) in [6.07, 6.45) is 2.14. The van der Waals surface area contributed by atoms with Crippen molar-refractivity contribution < 1.29 is 22.4 Å². The highest BCUT2D eigenvalue weighted by Gasteiger charge is 2.27. The number of nitrogens with zero attached hydrogens (tertiary/aromatic N) is 2. The van der Waals surface area contributed by atoms with Gasteiger partial charge in [0, 0.05) is 31.6 Å². The zero-order valence-corrected chi connectivity index (χ0v) is 22.0. The van der Waals surface area contributed by atoms with E-state index >= 15 is 0 Å². The van der Waals surface area contributed by atoms with E-state index in [4.69, 9.17) is 0 Å². The van der Waals surface area contributed by atoms with Crippen LogP contribution in [0.5, 0.6) is 0 Å². The second kappa shape index (κ2) is 12.7. The number of rotatable bonds is 12. The van der Waals surface area contributed by atoms with E-state index in [0.29, 0.717) is 17.8 Å². The van der Waals surface area contributed by atoms with Crippen molar-refractivity contribution in [3.8, 4) is 0 Å². The highest BCUT2D eigenvalue weighted by molar-refractivity contribution is 7.92. The highest BCUT2D eigenvalue weighted by atomic mass is 32.2. The first kappa shape index (κ1) is 28.3. The predicted octanol–water partition coefficient (Wildman–Crippen LogP) is 3.93. The molecular formula is C26H36FN3O4S. The molecule has 2 rings (SSSR count). The van der Waals surface area contributed by atoms with Crippen LogP contribution in [0, 0.1) is 19.7 Å². The van der Waals surface area contributed by atoms with Crippen LogP contribution in [-0.4, -0.2) is 50.5 Å². The number of aryl methyl sites for hydroxylation is 2. The summed E-state index contributed by atoms with van der Waals surface area (Å²) >= 11 is 0. The number of anilines is 1. The Morgan fingerprint density at radius 3 is 2.29 bits per heavy atom. The summed E-state index contributed by atoms with van der Waals surface area (Å²) in [5.41, 5.74) is 2.73. The maximum absolute atomic E-state index is 14.3. The lowest BCUT2D eigenvalue weighted by atomic mass is 10.1. The molecule has 0 spiro atoms. The minimum Gasteiger partial charge on any atom is -0.354 e. The van der Waals surface area contributed by atoms with Gasteiger partial charge < -0.3 is 10.2 Å². The molecule has 2 aromatic carbocycles. The molecule has 0 saturated heterocycles. The van der Waals surface area contributed by atoms with Gasteiger partial charge in [-0.15, -0.1) is 0 Å². The van der Waals surface area contributed by atoms with Gasteiger partial charge in [0.25, 0.3) is 0 Å². The molecule has 0 fully saturated rings. The average molecular weight is 506 g/mol. The van der Waals surface area contributed by atoms with Crippen molar-refractivity contribution in [1.29, 1.82) is 0 Å². The van der Waals surface area contributed by atoms with E-state index in [0.717, 1.165) is 23.8 Å². The molecule has 0 aliphatic rings. The van der Waals surface area contributed by atoms with Crippen LogP contribution >= 0.6 is 0 Å². The Hall–Kier alpha value is -2.94. The standard InChI is InChI=1S/C26H36FN3O4S/c1-6-13-28-26(32)21(4)29(18-22-10-7-8-11-24(22)27)25(31)12-9-14-30(35(5,33)34)23-16-19(2)15-20(3)17-23/h7-8,10-11,15-17,21H,6,9,12-14,18H2,1-5H3,(H,28,32)/t21-/m1/s1. The molecule has 1 atom stereocenters. The van der Waals surface area contributed by atoms with Crippen molar-refractivity contribution in [3.05, 3.63) is 65.0 Å². The summed E-state index contributed by atoms with van der Waals surface area (Å²) in [7, 11) is -3.57. The number of benzene rings is 2. The second-order valence-electron chi connectivity index (χ2n) is 8.86. The molecule has 192 valence electrons. The summed E-state index contributed by atoms with van der Waals surface area (Å²) in [6.45, 7) is 7.86. The fourth-order valence-corrected chi connectivity index (χ4v) is 4.84. The third kappa shape index (κ3) is 8.35. The van der Waals surface area contributed by atoms with Crippen molar-refractivity contribution in [2.24, 2.45) is 0 Å². The van der Waals surface area contributed by atoms with Gasteiger partial charge >= 0.3 is 0 Å². The van der Waals surface area contributed by atoms with Crippen molar-refractivity contribution in [1.82, 2.24) is 10.2 Å². The number of carbonyl (C=O) groups is 2. The van der Waals surface area contributed by atoms with E-state index < -0.39 is 21.9 Å². The quantitative estimate of drug-likeness (QED) is 0.474. The molecule has 2 amide bonds. The number of nitrogens with one attached hydrogen (secondary N) is 1. The maximum Gasteiger partial charge on any atom is 0.242 e. The average Bonchev–Trinajstić information content (AvgIpc) is 2.77. The Bertz CT molecular complexity index is 1120. The van der Waals surface area contributed by atoms with Crippen LogP contribution in [0.3, 0.4) is 0 Å². The lowest BCUT2D eigenvalue weighted by Crippen LogP contribution is -2.48. The lowest BCUT2D eigenvalue weighted by molar-refractivity contribution is -0.140. The molecule has 0 radical (unpaired) electrons. The Balaban J connectivity index is 2.19. The number of hydrogen-bond donors (Lipinski definition) is 1. The molecule has 0 aromatic heterocycles. The van der Waals surface area contributed by atoms with Crippen molar-refractivity contribution in [3.63, 3.8) is 0 Å². The first-order valence-corrected chi connectivity index (χ1v) is 13.7. The van der Waals surface area contributed by atoms with E-state index in [1.165, 1.54) is 15.3 Å². The number of hydrogen-bond acceptors (Lipinski definition) is 4. The van der Waals surface area contributed by atoms with Crippen LogP contribution in [0.25, 0.3) is 0 Å². The number of halogens is 1. The summed E-state index contributed by atoms with van der Waals surface area (Å²) in [6, 6.07) is 10.9. The fourth-order valence-electron chi connectivity index (χ4n) is 3.89. The summed E-state index contributed by atoms with van der Waals surface area (Å²) in [5, 5.41) is 2.78. The van der Waals surface area contributed by atoms with Crippen LogP contribution < -0.4 is 9.62 Å². The van der Waals surface area contributed by atoms with Gasteiger partial charge in [0.2, 0.25) is 21.8 Å². The monoisotopic (exact) mass is 505 g/mol. The van der Waals surface area contributed by atoms with Crippen LogP contribution in [0.1, 0.15) is 49.8 Å². The van der Waals surface area contributed by atoms with Gasteiger partial charge in [0.05, 0.1) is 11.9 Å². The Morgan fingerprint density at radius 1 is 1.09 bits per heavy atom. The molecule has 0 bridgehead atoms. The van der Waals surface area contributed by atoms with Gasteiger partial charge in [0.15, 0.2) is 0 Å². The topological polar surface area (TPSA) is 86.8 Å². The Kier molecular flexibility index (Phi) is 10.2. The van der Waals surface area contributed by atoms with E-state index in [2.05, 4.69) is 5.32 Å². The van der Waals surface area contributed by atoms with Crippen LogP contribution in [0.4, 0.5) is 10.1 Å². The van der Waals surface area contributed by atoms with Gasteiger partial charge in [-0.2, -0.15) is 0 Å². The smallest absolute Gasteiger partial charge is 0.242 e. The first-order chi connectivity index (χ1) is 16.4. The molecule has 0 unspecified atom stereocenters. The molecule has 0 saturated carbocycles. The number of carbonyl (C=O) groups excluding carboxylic acids is 2. The molecule has 0 heterocycles. The van der Waals surface area contributed by atoms with Gasteiger partial charge in [-0.05, 0) is 62.9 Å². The van der Waals surface area contributed by atoms with Crippen molar-refractivity contribution in [2.45, 2.75) is 59.5 Å². The molecule has 0 aliphatic heterocycles. The Morgan fingerprint density at radius 2 is 1.71 bits per heavy atom. The minimum atomic E-state index is -3.57. The molecule has 0 aliphatic carbocycles. The van der Waals surface area contributed by atoms with Crippen molar-refractivity contribution >= 4 is 27.5 Å². The molecular weight excluding hydrogens is 469 g/mol. The molecule has 2 aromatic rings. The normalized spacial score (nSPS) is 12.2. The molecule has 35 heavy (non-hydrogen) atoms. The zero-order chi connectivity index (χ0) is 26.2. The van der Waals surface area contributed by atoms with E-state index in [9.17, 15) is 22.4 Å². The van der Waals surface area contributed by atoms with Gasteiger partial charge in [-0.3, -0.25) is 13.9 Å². The summed E-state index contributed by atoms with van der Waals surface area (Å²) in [4.78, 5) is 27.2. The van der Waals surface area contributed by atoms with Crippen LogP contribution in [-0.2, 0) is 26.2 Å². The number of amides is 2. The second-order valence-corrected chi connectivity index (χ2v) is 10.8. The first-order valence-electron chi connectivity index (χ1n) is 11.8. The minimum absolute atomic E-state index is 0.0106. The molecule has 9 heteroatoms. The molecule has 1 N–H and O–H groups in total. The van der Waals surface area contributed by atoms with E-state index in [1.807, 2.05) is 26.8 Å². The van der Waals surface area contributed by atoms with Crippen molar-refractivity contribution in [2.75, 3.05) is 23.7 Å². The molecule has 7 nitrogen and oxygen atoms in total. The zero-order valence-electron chi connectivity index (χ0n) is 21.2. The van der Waals surface area contributed by atoms with Gasteiger partial charge in [0.1, 0.15) is 11.9 Å². The van der Waals surface area contributed by atoms with Gasteiger partial charge in [-0.1, -0.05) is 31.2 Å². The lowest BCUT2D eigenvalue weighted by Gasteiger charge is -2.29. The van der Waals surface area contributed by atoms with Crippen LogP contribution in [0.15, 0.2) is 42.5 Å². The fraction of sp³-hybridized carbons (Fsp3) is 0.462. The summed E-state index contributed by atoms with van der Waals surface area (Å²) < 4.78 is 40.6. The highest BCUT2D eigenvalue weighted by Crippen LogP contribution is 2.22.